The first-order valence-corrected chi connectivity index (χ1v) is 6.37. The van der Waals surface area contributed by atoms with Crippen LogP contribution in [0.1, 0.15) is 31.9 Å². The Labute approximate surface area is 119 Å². The first kappa shape index (κ1) is 16.1. The molecular formula is C16H20O4. The third-order valence-electron chi connectivity index (χ3n) is 2.35. The van der Waals surface area contributed by atoms with Gasteiger partial charge in [0.15, 0.2) is 6.61 Å². The van der Waals surface area contributed by atoms with Crippen molar-refractivity contribution >= 4 is 5.97 Å². The van der Waals surface area contributed by atoms with Crippen LogP contribution in [0.4, 0.5) is 0 Å². The molecule has 0 bridgehead atoms. The van der Waals surface area contributed by atoms with E-state index in [1.807, 2.05) is 13.0 Å². The number of esters is 1. The standard InChI is InChI=1S/C16H20O4/c1-12-13(8-6-10-17)7-5-9-14(12)19-11-15(18)20-16(2,3)4/h5,7,9,17H,10-11H2,1-4H3. The van der Waals surface area contributed by atoms with Gasteiger partial charge in [-0.05, 0) is 39.8 Å². The van der Waals surface area contributed by atoms with E-state index in [1.165, 1.54) is 0 Å². The summed E-state index contributed by atoms with van der Waals surface area (Å²) < 4.78 is 10.6. The molecular weight excluding hydrogens is 256 g/mol. The Hall–Kier alpha value is -1.99. The number of benzene rings is 1. The minimum absolute atomic E-state index is 0.144. The van der Waals surface area contributed by atoms with Gasteiger partial charge in [-0.1, -0.05) is 17.9 Å². The van der Waals surface area contributed by atoms with Crippen LogP contribution in [-0.4, -0.2) is 29.9 Å². The van der Waals surface area contributed by atoms with Crippen LogP contribution in [0.15, 0.2) is 18.2 Å². The summed E-state index contributed by atoms with van der Waals surface area (Å²) in [6, 6.07) is 5.39. The molecule has 0 aliphatic rings. The minimum atomic E-state index is -0.524. The molecule has 0 aromatic heterocycles. The molecule has 4 nitrogen and oxygen atoms in total. The second-order valence-electron chi connectivity index (χ2n) is 5.26. The molecule has 0 aliphatic carbocycles. The quantitative estimate of drug-likeness (QED) is 0.678. The zero-order chi connectivity index (χ0) is 15.2. The Morgan fingerprint density at radius 1 is 1.35 bits per heavy atom. The Morgan fingerprint density at radius 2 is 2.05 bits per heavy atom. The van der Waals surface area contributed by atoms with Gasteiger partial charge in [-0.15, -0.1) is 0 Å². The van der Waals surface area contributed by atoms with Crippen LogP contribution in [0.25, 0.3) is 0 Å². The van der Waals surface area contributed by atoms with E-state index in [9.17, 15) is 4.79 Å². The van der Waals surface area contributed by atoms with Gasteiger partial charge in [0.1, 0.15) is 18.0 Å². The lowest BCUT2D eigenvalue weighted by Crippen LogP contribution is -2.27. The molecule has 0 saturated heterocycles. The highest BCUT2D eigenvalue weighted by molar-refractivity contribution is 5.71. The first-order chi connectivity index (χ1) is 9.33. The number of hydrogen-bond acceptors (Lipinski definition) is 4. The summed E-state index contributed by atoms with van der Waals surface area (Å²) in [6.07, 6.45) is 0. The Balaban J connectivity index is 2.72. The van der Waals surface area contributed by atoms with Gasteiger partial charge in [0.2, 0.25) is 0 Å². The fourth-order valence-electron chi connectivity index (χ4n) is 1.55. The van der Waals surface area contributed by atoms with Crippen molar-refractivity contribution in [2.45, 2.75) is 33.3 Å². The molecule has 0 radical (unpaired) electrons. The van der Waals surface area contributed by atoms with Gasteiger partial charge in [-0.2, -0.15) is 0 Å². The van der Waals surface area contributed by atoms with E-state index in [0.717, 1.165) is 11.1 Å². The smallest absolute Gasteiger partial charge is 0.344 e. The van der Waals surface area contributed by atoms with Crippen LogP contribution < -0.4 is 4.74 Å². The number of ether oxygens (including phenoxy) is 2. The third kappa shape index (κ3) is 5.33. The summed E-state index contributed by atoms with van der Waals surface area (Å²) in [6.45, 7) is 6.94. The van der Waals surface area contributed by atoms with Crippen LogP contribution in [-0.2, 0) is 9.53 Å². The average Bonchev–Trinajstić information content (AvgIpc) is 2.34. The predicted molar refractivity (Wildman–Crippen MR) is 76.5 cm³/mol. The van der Waals surface area contributed by atoms with E-state index >= 15 is 0 Å². The molecule has 0 fully saturated rings. The molecule has 0 saturated carbocycles. The number of aliphatic hydroxyl groups is 1. The maximum atomic E-state index is 11.6. The summed E-state index contributed by atoms with van der Waals surface area (Å²) in [5.41, 5.74) is 1.07. The van der Waals surface area contributed by atoms with Crippen LogP contribution in [0.5, 0.6) is 5.75 Å². The summed E-state index contributed by atoms with van der Waals surface area (Å²) in [4.78, 5) is 11.6. The van der Waals surface area contributed by atoms with E-state index in [-0.39, 0.29) is 13.2 Å². The fourth-order valence-corrected chi connectivity index (χ4v) is 1.55. The third-order valence-corrected chi connectivity index (χ3v) is 2.35. The molecule has 1 aromatic rings. The molecule has 0 heterocycles. The van der Waals surface area contributed by atoms with Gasteiger partial charge in [-0.25, -0.2) is 4.79 Å². The highest BCUT2D eigenvalue weighted by Crippen LogP contribution is 2.21. The van der Waals surface area contributed by atoms with Crippen molar-refractivity contribution in [3.8, 4) is 17.6 Å². The number of hydrogen-bond donors (Lipinski definition) is 1. The lowest BCUT2D eigenvalue weighted by Gasteiger charge is -2.19. The Kier molecular flexibility index (Phi) is 5.60. The lowest BCUT2D eigenvalue weighted by molar-refractivity contribution is -0.157. The van der Waals surface area contributed by atoms with Crippen LogP contribution >= 0.6 is 0 Å². The van der Waals surface area contributed by atoms with Gasteiger partial charge >= 0.3 is 5.97 Å². The highest BCUT2D eigenvalue weighted by atomic mass is 16.6. The molecule has 0 aliphatic heterocycles. The zero-order valence-electron chi connectivity index (χ0n) is 12.3. The maximum absolute atomic E-state index is 11.6. The summed E-state index contributed by atoms with van der Waals surface area (Å²) >= 11 is 0. The maximum Gasteiger partial charge on any atom is 0.344 e. The molecule has 4 heteroatoms. The largest absolute Gasteiger partial charge is 0.482 e. The van der Waals surface area contributed by atoms with Crippen LogP contribution in [0, 0.1) is 18.8 Å². The second-order valence-corrected chi connectivity index (χ2v) is 5.26. The monoisotopic (exact) mass is 276 g/mol. The van der Waals surface area contributed by atoms with Crippen LogP contribution in [0.2, 0.25) is 0 Å². The molecule has 0 atom stereocenters. The molecule has 0 amide bonds. The molecule has 0 spiro atoms. The summed E-state index contributed by atoms with van der Waals surface area (Å²) in [5.74, 6) is 5.59. The number of carbonyl (C=O) groups is 1. The molecule has 0 unspecified atom stereocenters. The summed E-state index contributed by atoms with van der Waals surface area (Å²) in [5, 5.41) is 8.71. The van der Waals surface area contributed by atoms with Gasteiger partial charge in [0, 0.05) is 11.1 Å². The highest BCUT2D eigenvalue weighted by Gasteiger charge is 2.17. The number of carbonyl (C=O) groups excluding carboxylic acids is 1. The molecule has 20 heavy (non-hydrogen) atoms. The number of rotatable bonds is 3. The van der Waals surface area contributed by atoms with Crippen molar-refractivity contribution in [2.24, 2.45) is 0 Å². The molecule has 1 rings (SSSR count). The van der Waals surface area contributed by atoms with Crippen LogP contribution in [0.3, 0.4) is 0 Å². The van der Waals surface area contributed by atoms with Crippen molar-refractivity contribution in [1.82, 2.24) is 0 Å². The van der Waals surface area contributed by atoms with Crippen molar-refractivity contribution in [2.75, 3.05) is 13.2 Å². The van der Waals surface area contributed by atoms with Gasteiger partial charge < -0.3 is 14.6 Å². The minimum Gasteiger partial charge on any atom is -0.482 e. The zero-order valence-corrected chi connectivity index (χ0v) is 12.3. The molecule has 1 aromatic carbocycles. The van der Waals surface area contributed by atoms with Gasteiger partial charge in [0.05, 0.1) is 0 Å². The van der Waals surface area contributed by atoms with Crippen molar-refractivity contribution in [3.05, 3.63) is 29.3 Å². The van der Waals surface area contributed by atoms with Gasteiger partial charge in [0.25, 0.3) is 0 Å². The van der Waals surface area contributed by atoms with Crippen molar-refractivity contribution < 1.29 is 19.4 Å². The number of aliphatic hydroxyl groups excluding tert-OH is 1. The van der Waals surface area contributed by atoms with Crippen molar-refractivity contribution in [1.29, 1.82) is 0 Å². The second kappa shape index (κ2) is 6.97. The average molecular weight is 276 g/mol. The Bertz CT molecular complexity index is 530. The Morgan fingerprint density at radius 3 is 2.65 bits per heavy atom. The first-order valence-electron chi connectivity index (χ1n) is 6.37. The van der Waals surface area contributed by atoms with Crippen molar-refractivity contribution in [3.63, 3.8) is 0 Å². The fraction of sp³-hybridized carbons (Fsp3) is 0.438. The van der Waals surface area contributed by atoms with E-state index in [0.29, 0.717) is 5.75 Å². The predicted octanol–water partition coefficient (Wildman–Crippen LogP) is 2.06. The molecule has 1 N–H and O–H groups in total. The van der Waals surface area contributed by atoms with E-state index < -0.39 is 11.6 Å². The summed E-state index contributed by atoms with van der Waals surface area (Å²) in [7, 11) is 0. The molecule has 108 valence electrons. The topological polar surface area (TPSA) is 55.8 Å². The van der Waals surface area contributed by atoms with E-state index in [2.05, 4.69) is 11.8 Å². The SMILES string of the molecule is Cc1c(C#CCO)cccc1OCC(=O)OC(C)(C)C. The van der Waals surface area contributed by atoms with E-state index in [1.54, 1.807) is 32.9 Å². The lowest BCUT2D eigenvalue weighted by atomic mass is 10.1. The van der Waals surface area contributed by atoms with E-state index in [4.69, 9.17) is 14.6 Å². The van der Waals surface area contributed by atoms with Gasteiger partial charge in [-0.3, -0.25) is 0 Å². The normalized spacial score (nSPS) is 10.4.